The van der Waals surface area contributed by atoms with Crippen LogP contribution < -0.4 is 10.1 Å². The number of rotatable bonds is 2. The van der Waals surface area contributed by atoms with Gasteiger partial charge in [-0.2, -0.15) is 0 Å². The Morgan fingerprint density at radius 2 is 1.92 bits per heavy atom. The van der Waals surface area contributed by atoms with E-state index in [-0.39, 0.29) is 35.1 Å². The van der Waals surface area contributed by atoms with Gasteiger partial charge in [0.1, 0.15) is 11.4 Å². The summed E-state index contributed by atoms with van der Waals surface area (Å²) in [5.74, 6) is -0.979. The minimum Gasteiger partial charge on any atom is -0.496 e. The SMILES string of the molecule is COc1ccccc1C1CC(=O)NC2=C1C(=O)c1cc(C)cnc1C2=O. The van der Waals surface area contributed by atoms with E-state index in [1.54, 1.807) is 12.1 Å². The largest absolute Gasteiger partial charge is 0.496 e. The number of carbonyl (C=O) groups is 3. The van der Waals surface area contributed by atoms with Gasteiger partial charge in [-0.3, -0.25) is 19.4 Å². The Balaban J connectivity index is 1.94. The number of nitrogens with one attached hydrogen (secondary N) is 1. The number of Topliss-reactive ketones (excluding diaryl/α,β-unsaturated/α-hetero) is 2. The van der Waals surface area contributed by atoms with E-state index in [9.17, 15) is 14.4 Å². The highest BCUT2D eigenvalue weighted by Gasteiger charge is 2.42. The van der Waals surface area contributed by atoms with E-state index in [1.165, 1.54) is 13.3 Å². The van der Waals surface area contributed by atoms with Crippen molar-refractivity contribution < 1.29 is 19.1 Å². The lowest BCUT2D eigenvalue weighted by molar-refractivity contribution is -0.121. The Morgan fingerprint density at radius 3 is 2.69 bits per heavy atom. The third-order valence-electron chi connectivity index (χ3n) is 4.74. The lowest BCUT2D eigenvalue weighted by Gasteiger charge is -2.31. The Labute approximate surface area is 149 Å². The maximum Gasteiger partial charge on any atom is 0.228 e. The predicted molar refractivity (Wildman–Crippen MR) is 93.2 cm³/mol. The molecule has 26 heavy (non-hydrogen) atoms. The Bertz CT molecular complexity index is 1010. The molecule has 1 N–H and O–H groups in total. The molecule has 0 bridgehead atoms. The molecule has 1 atom stereocenters. The number of methoxy groups -OCH3 is 1. The second kappa shape index (κ2) is 5.91. The number of aromatic nitrogens is 1. The smallest absolute Gasteiger partial charge is 0.228 e. The van der Waals surface area contributed by atoms with Gasteiger partial charge in [0, 0.05) is 29.7 Å². The maximum absolute atomic E-state index is 13.2. The minimum absolute atomic E-state index is 0.0333. The van der Waals surface area contributed by atoms with Crippen molar-refractivity contribution in [2.75, 3.05) is 7.11 Å². The summed E-state index contributed by atoms with van der Waals surface area (Å²) >= 11 is 0. The van der Waals surface area contributed by atoms with Crippen LogP contribution in [0.5, 0.6) is 5.75 Å². The van der Waals surface area contributed by atoms with Crippen molar-refractivity contribution in [2.24, 2.45) is 0 Å². The van der Waals surface area contributed by atoms with E-state index >= 15 is 0 Å². The average molecular weight is 348 g/mol. The number of fused-ring (bicyclic) bond motifs is 1. The van der Waals surface area contributed by atoms with Crippen molar-refractivity contribution in [1.82, 2.24) is 10.3 Å². The van der Waals surface area contributed by atoms with Gasteiger partial charge in [0.2, 0.25) is 11.7 Å². The monoisotopic (exact) mass is 348 g/mol. The van der Waals surface area contributed by atoms with Gasteiger partial charge in [0.05, 0.1) is 18.4 Å². The van der Waals surface area contributed by atoms with Crippen molar-refractivity contribution in [3.8, 4) is 5.75 Å². The van der Waals surface area contributed by atoms with Crippen molar-refractivity contribution in [3.05, 3.63) is 70.2 Å². The zero-order valence-electron chi connectivity index (χ0n) is 14.3. The second-order valence-electron chi connectivity index (χ2n) is 6.40. The number of amides is 1. The molecule has 0 spiro atoms. The molecule has 1 amide bonds. The van der Waals surface area contributed by atoms with Crippen molar-refractivity contribution in [1.29, 1.82) is 0 Å². The molecule has 1 aliphatic heterocycles. The molecule has 2 aliphatic rings. The van der Waals surface area contributed by atoms with Crippen molar-refractivity contribution in [3.63, 3.8) is 0 Å². The molecule has 6 heteroatoms. The summed E-state index contributed by atoms with van der Waals surface area (Å²) in [6.07, 6.45) is 1.62. The molecule has 2 aromatic rings. The van der Waals surface area contributed by atoms with Crippen molar-refractivity contribution >= 4 is 17.5 Å². The first-order chi connectivity index (χ1) is 12.5. The molecule has 0 radical (unpaired) electrons. The second-order valence-corrected chi connectivity index (χ2v) is 6.40. The topological polar surface area (TPSA) is 85.4 Å². The number of ether oxygens (including phenoxy) is 1. The fraction of sp³-hybridized carbons (Fsp3) is 0.200. The first-order valence-corrected chi connectivity index (χ1v) is 8.24. The van der Waals surface area contributed by atoms with Gasteiger partial charge >= 0.3 is 0 Å². The number of pyridine rings is 1. The fourth-order valence-electron chi connectivity index (χ4n) is 3.58. The van der Waals surface area contributed by atoms with E-state index in [2.05, 4.69) is 10.3 Å². The Morgan fingerprint density at radius 1 is 1.15 bits per heavy atom. The highest BCUT2D eigenvalue weighted by molar-refractivity contribution is 6.28. The molecule has 4 rings (SSSR count). The summed E-state index contributed by atoms with van der Waals surface area (Å²) in [4.78, 5) is 42.4. The Kier molecular flexibility index (Phi) is 3.68. The third-order valence-corrected chi connectivity index (χ3v) is 4.74. The molecule has 0 saturated carbocycles. The van der Waals surface area contributed by atoms with Crippen LogP contribution >= 0.6 is 0 Å². The first kappa shape index (κ1) is 16.2. The quantitative estimate of drug-likeness (QED) is 0.900. The zero-order chi connectivity index (χ0) is 18.4. The molecule has 0 saturated heterocycles. The minimum atomic E-state index is -0.542. The van der Waals surface area contributed by atoms with Gasteiger partial charge in [-0.15, -0.1) is 0 Å². The van der Waals surface area contributed by atoms with Gasteiger partial charge in [0.15, 0.2) is 5.78 Å². The van der Waals surface area contributed by atoms with Crippen LogP contribution in [0.3, 0.4) is 0 Å². The highest BCUT2D eigenvalue weighted by Crippen LogP contribution is 2.41. The number of nitrogens with zero attached hydrogens (tertiary/aromatic N) is 1. The average Bonchev–Trinajstić information content (AvgIpc) is 2.65. The molecule has 6 nitrogen and oxygen atoms in total. The zero-order valence-corrected chi connectivity index (χ0v) is 14.3. The van der Waals surface area contributed by atoms with Crippen LogP contribution in [0.4, 0.5) is 0 Å². The number of hydrogen-bond donors (Lipinski definition) is 1. The molecule has 130 valence electrons. The van der Waals surface area contributed by atoms with Gasteiger partial charge in [0.25, 0.3) is 0 Å². The van der Waals surface area contributed by atoms with E-state index in [0.29, 0.717) is 16.9 Å². The predicted octanol–water partition coefficient (Wildman–Crippen LogP) is 2.34. The normalized spacial score (nSPS) is 19.0. The number of carbonyl (C=O) groups excluding carboxylic acids is 3. The molecule has 1 aromatic heterocycles. The molecule has 1 aromatic carbocycles. The van der Waals surface area contributed by atoms with E-state index in [4.69, 9.17) is 4.74 Å². The van der Waals surface area contributed by atoms with E-state index in [0.717, 1.165) is 5.56 Å². The van der Waals surface area contributed by atoms with Crippen LogP contribution in [0.15, 0.2) is 47.8 Å². The van der Waals surface area contributed by atoms with E-state index < -0.39 is 11.7 Å². The van der Waals surface area contributed by atoms with Gasteiger partial charge in [-0.25, -0.2) is 0 Å². The third kappa shape index (κ3) is 2.34. The van der Waals surface area contributed by atoms with Gasteiger partial charge < -0.3 is 10.1 Å². The number of allylic oxidation sites excluding steroid dienone is 2. The Hall–Kier alpha value is -3.28. The lowest BCUT2D eigenvalue weighted by Crippen LogP contribution is -2.41. The fourth-order valence-corrected chi connectivity index (χ4v) is 3.58. The summed E-state index contributed by atoms with van der Waals surface area (Å²) in [7, 11) is 1.54. The summed E-state index contributed by atoms with van der Waals surface area (Å²) < 4.78 is 5.40. The lowest BCUT2D eigenvalue weighted by atomic mass is 9.76. The maximum atomic E-state index is 13.2. The van der Waals surface area contributed by atoms with Crippen LogP contribution in [0.2, 0.25) is 0 Å². The van der Waals surface area contributed by atoms with Gasteiger partial charge in [-0.05, 0) is 24.6 Å². The molecule has 0 fully saturated rings. The van der Waals surface area contributed by atoms with Crippen LogP contribution in [-0.2, 0) is 4.79 Å². The molecule has 1 aliphatic carbocycles. The van der Waals surface area contributed by atoms with Crippen LogP contribution in [0, 0.1) is 6.92 Å². The summed E-state index contributed by atoms with van der Waals surface area (Å²) in [5.41, 5.74) is 2.21. The highest BCUT2D eigenvalue weighted by atomic mass is 16.5. The van der Waals surface area contributed by atoms with Crippen molar-refractivity contribution in [2.45, 2.75) is 19.3 Å². The van der Waals surface area contributed by atoms with Crippen LogP contribution in [0.1, 0.15) is 44.3 Å². The summed E-state index contributed by atoms with van der Waals surface area (Å²) in [6.45, 7) is 1.81. The number of aryl methyl sites for hydroxylation is 1. The number of ketones is 2. The number of para-hydroxylation sites is 1. The molecular formula is C20H16N2O4. The first-order valence-electron chi connectivity index (χ1n) is 8.24. The van der Waals surface area contributed by atoms with Gasteiger partial charge in [-0.1, -0.05) is 18.2 Å². The molecular weight excluding hydrogens is 332 g/mol. The molecule has 1 unspecified atom stereocenters. The number of benzene rings is 1. The van der Waals surface area contributed by atoms with E-state index in [1.807, 2.05) is 25.1 Å². The van der Waals surface area contributed by atoms with Crippen LogP contribution in [0.25, 0.3) is 0 Å². The standard InChI is InChI=1S/C20H16N2O4/c1-10-7-13-17(21-9-10)20(25)18-16(19(13)24)12(8-15(23)22-18)11-5-3-4-6-14(11)26-2/h3-7,9,12H,8H2,1-2H3,(H,22,23). The summed E-state index contributed by atoms with van der Waals surface area (Å²) in [5, 5.41) is 2.58. The summed E-state index contributed by atoms with van der Waals surface area (Å²) in [6, 6.07) is 8.89. The number of hydrogen-bond acceptors (Lipinski definition) is 5. The molecule has 2 heterocycles. The van der Waals surface area contributed by atoms with Crippen LogP contribution in [-0.4, -0.2) is 29.6 Å².